The summed E-state index contributed by atoms with van der Waals surface area (Å²) in [5.41, 5.74) is -4.52. The zero-order valence-corrected chi connectivity index (χ0v) is 8.65. The third kappa shape index (κ3) is 4.27. The second kappa shape index (κ2) is 5.82. The summed E-state index contributed by atoms with van der Waals surface area (Å²) in [4.78, 5) is 0. The van der Waals surface area contributed by atoms with Crippen LogP contribution >= 0.6 is 0 Å². The van der Waals surface area contributed by atoms with Gasteiger partial charge in [-0.15, -0.1) is 0 Å². The van der Waals surface area contributed by atoms with Gasteiger partial charge in [0.15, 0.2) is 6.17 Å². The molecule has 4 nitrogen and oxygen atoms in total. The highest BCUT2D eigenvalue weighted by Gasteiger charge is 2.59. The first-order chi connectivity index (χ1) is 6.92. The molecule has 0 saturated carbocycles. The van der Waals surface area contributed by atoms with Crippen molar-refractivity contribution in [1.29, 1.82) is 0 Å². The van der Waals surface area contributed by atoms with Crippen molar-refractivity contribution in [2.75, 3.05) is 0 Å². The molecule has 0 aliphatic heterocycles. The Morgan fingerprint density at radius 2 is 1.35 bits per heavy atom. The van der Waals surface area contributed by atoms with Gasteiger partial charge >= 0.3 is 16.0 Å². The van der Waals surface area contributed by atoms with Crippen molar-refractivity contribution in [3.05, 3.63) is 0 Å². The van der Waals surface area contributed by atoms with Gasteiger partial charge in [-0.3, -0.25) is 4.55 Å². The smallest absolute Gasteiger partial charge is 0.329 e. The zero-order valence-electron chi connectivity index (χ0n) is 7.83. The van der Waals surface area contributed by atoms with E-state index >= 15 is 0 Å². The van der Waals surface area contributed by atoms with Crippen LogP contribution in [0.15, 0.2) is 0 Å². The standard InChI is InChI=1S/C5H5F7O3S.H3N/c6-1(3(8)9)2(7)5(11,12)4(10)16(13,14)15;/h1-4H,(H,13,14,15);1H3. The molecule has 4 N–H and O–H groups in total. The molecule has 0 aromatic carbocycles. The van der Waals surface area contributed by atoms with Crippen molar-refractivity contribution in [2.45, 2.75) is 30.2 Å². The molecule has 12 heteroatoms. The molecule has 0 fully saturated rings. The molecule has 106 valence electrons. The molecule has 0 amide bonds. The van der Waals surface area contributed by atoms with Gasteiger partial charge < -0.3 is 6.15 Å². The first-order valence-corrected chi connectivity index (χ1v) is 4.97. The first-order valence-electron chi connectivity index (χ1n) is 3.46. The lowest BCUT2D eigenvalue weighted by Gasteiger charge is -2.24. The average Bonchev–Trinajstić information content (AvgIpc) is 2.12. The van der Waals surface area contributed by atoms with Crippen LogP contribution in [0.25, 0.3) is 0 Å². The Balaban J connectivity index is 0. The van der Waals surface area contributed by atoms with Gasteiger partial charge in [-0.1, -0.05) is 0 Å². The van der Waals surface area contributed by atoms with E-state index < -0.39 is 40.3 Å². The topological polar surface area (TPSA) is 89.4 Å². The molecule has 17 heavy (non-hydrogen) atoms. The van der Waals surface area contributed by atoms with Crippen LogP contribution < -0.4 is 6.15 Å². The Morgan fingerprint density at radius 3 is 1.59 bits per heavy atom. The fourth-order valence-corrected chi connectivity index (χ4v) is 1.19. The van der Waals surface area contributed by atoms with Gasteiger partial charge in [-0.25, -0.2) is 22.0 Å². The molecule has 0 spiro atoms. The molecule has 0 aliphatic carbocycles. The molecule has 3 unspecified atom stereocenters. The molecule has 0 rings (SSSR count). The van der Waals surface area contributed by atoms with E-state index in [0.29, 0.717) is 0 Å². The lowest BCUT2D eigenvalue weighted by molar-refractivity contribution is -0.147. The van der Waals surface area contributed by atoms with Gasteiger partial charge in [0.25, 0.3) is 11.9 Å². The van der Waals surface area contributed by atoms with E-state index in [9.17, 15) is 39.2 Å². The highest BCUT2D eigenvalue weighted by molar-refractivity contribution is 7.86. The number of hydrogen-bond donors (Lipinski definition) is 2. The summed E-state index contributed by atoms with van der Waals surface area (Å²) in [6.07, 6.45) is -12.7. The van der Waals surface area contributed by atoms with E-state index in [-0.39, 0.29) is 6.15 Å². The van der Waals surface area contributed by atoms with Crippen LogP contribution in [-0.4, -0.2) is 43.2 Å². The van der Waals surface area contributed by atoms with Crippen molar-refractivity contribution < 1.29 is 43.7 Å². The van der Waals surface area contributed by atoms with Crippen molar-refractivity contribution in [2.24, 2.45) is 0 Å². The van der Waals surface area contributed by atoms with Gasteiger partial charge in [-0.05, 0) is 0 Å². The van der Waals surface area contributed by atoms with Crippen LogP contribution in [0.4, 0.5) is 30.7 Å². The lowest BCUT2D eigenvalue weighted by Crippen LogP contribution is -2.49. The van der Waals surface area contributed by atoms with E-state index in [1.165, 1.54) is 0 Å². The zero-order chi connectivity index (χ0) is 13.3. The van der Waals surface area contributed by atoms with Crippen molar-refractivity contribution in [3.8, 4) is 0 Å². The van der Waals surface area contributed by atoms with Crippen LogP contribution in [0.5, 0.6) is 0 Å². The number of halogens is 7. The SMILES string of the molecule is N.O=S(=O)(O)C(F)C(F)(F)C(F)C(F)C(F)F. The van der Waals surface area contributed by atoms with Gasteiger partial charge in [0.1, 0.15) is 0 Å². The third-order valence-electron chi connectivity index (χ3n) is 1.45. The summed E-state index contributed by atoms with van der Waals surface area (Å²) in [7, 11) is -6.03. The highest BCUT2D eigenvalue weighted by atomic mass is 32.2. The molecule has 0 heterocycles. The Morgan fingerprint density at radius 1 is 1.00 bits per heavy atom. The predicted molar refractivity (Wildman–Crippen MR) is 42.2 cm³/mol. The van der Waals surface area contributed by atoms with E-state index in [1.54, 1.807) is 0 Å². The Bertz CT molecular complexity index is 334. The Labute approximate surface area is 91.1 Å². The quantitative estimate of drug-likeness (QED) is 0.599. The largest absolute Gasteiger partial charge is 0.344 e. The summed E-state index contributed by atoms with van der Waals surface area (Å²) in [6.45, 7) is 0. The van der Waals surface area contributed by atoms with E-state index in [0.717, 1.165) is 0 Å². The fraction of sp³-hybridized carbons (Fsp3) is 1.00. The van der Waals surface area contributed by atoms with Gasteiger partial charge in [0.2, 0.25) is 6.17 Å². The Hall–Kier alpha value is -0.620. The van der Waals surface area contributed by atoms with Crippen molar-refractivity contribution in [1.82, 2.24) is 6.15 Å². The van der Waals surface area contributed by atoms with E-state index in [2.05, 4.69) is 0 Å². The minimum atomic E-state index is -6.03. The molecule has 3 atom stereocenters. The van der Waals surface area contributed by atoms with Crippen LogP contribution in [0.2, 0.25) is 0 Å². The summed E-state index contributed by atoms with van der Waals surface area (Å²) >= 11 is 0. The molecule has 0 aromatic rings. The number of rotatable bonds is 5. The second-order valence-electron chi connectivity index (χ2n) is 2.69. The van der Waals surface area contributed by atoms with Crippen LogP contribution in [-0.2, 0) is 10.1 Å². The number of alkyl halides is 7. The van der Waals surface area contributed by atoms with Gasteiger partial charge in [0, 0.05) is 0 Å². The monoisotopic (exact) mass is 295 g/mol. The predicted octanol–water partition coefficient (Wildman–Crippen LogP) is 1.91. The van der Waals surface area contributed by atoms with Gasteiger partial charge in [-0.2, -0.15) is 17.2 Å². The minimum absolute atomic E-state index is 0. The lowest BCUT2D eigenvalue weighted by atomic mass is 10.1. The third-order valence-corrected chi connectivity index (χ3v) is 2.29. The fourth-order valence-electron chi connectivity index (χ4n) is 0.664. The van der Waals surface area contributed by atoms with Crippen LogP contribution in [0, 0.1) is 0 Å². The first kappa shape index (κ1) is 18.7. The highest BCUT2D eigenvalue weighted by Crippen LogP contribution is 2.35. The molecule has 0 bridgehead atoms. The molecule has 0 radical (unpaired) electrons. The maximum Gasteiger partial charge on any atom is 0.329 e. The maximum absolute atomic E-state index is 12.5. The summed E-state index contributed by atoms with van der Waals surface area (Å²) in [6, 6.07) is 0. The van der Waals surface area contributed by atoms with Crippen LogP contribution in [0.1, 0.15) is 0 Å². The summed E-state index contributed by atoms with van der Waals surface area (Å²) in [5.74, 6) is -5.62. The summed E-state index contributed by atoms with van der Waals surface area (Å²) in [5, 5.41) is 0. The van der Waals surface area contributed by atoms with Crippen molar-refractivity contribution in [3.63, 3.8) is 0 Å². The normalized spacial score (nSPS) is 18.4. The Kier molecular flexibility index (Phi) is 6.41. The van der Waals surface area contributed by atoms with E-state index in [1.807, 2.05) is 0 Å². The van der Waals surface area contributed by atoms with Crippen molar-refractivity contribution >= 4 is 10.1 Å². The molecular formula is C5H8F7NO3S. The molecule has 0 saturated heterocycles. The van der Waals surface area contributed by atoms with Gasteiger partial charge in [0.05, 0.1) is 0 Å². The maximum atomic E-state index is 12.5. The minimum Gasteiger partial charge on any atom is -0.344 e. The average molecular weight is 295 g/mol. The number of hydrogen-bond acceptors (Lipinski definition) is 3. The second-order valence-corrected chi connectivity index (χ2v) is 4.13. The van der Waals surface area contributed by atoms with Crippen LogP contribution in [0.3, 0.4) is 0 Å². The molecule has 0 aromatic heterocycles. The molecule has 0 aliphatic rings. The molecular weight excluding hydrogens is 287 g/mol. The summed E-state index contributed by atoms with van der Waals surface area (Å²) < 4.78 is 112. The van der Waals surface area contributed by atoms with E-state index in [4.69, 9.17) is 4.55 Å².